The van der Waals surface area contributed by atoms with Crippen LogP contribution in [0.1, 0.15) is 16.3 Å². The molecule has 2 rings (SSSR count). The molecule has 0 unspecified atom stereocenters. The van der Waals surface area contributed by atoms with Gasteiger partial charge < -0.3 is 19.1 Å². The number of hydrogen-bond acceptors (Lipinski definition) is 6. The van der Waals surface area contributed by atoms with Crippen molar-refractivity contribution < 1.29 is 24.0 Å². The van der Waals surface area contributed by atoms with Crippen molar-refractivity contribution in [3.63, 3.8) is 0 Å². The molecule has 0 aliphatic rings. The Morgan fingerprint density at radius 2 is 2.11 bits per heavy atom. The van der Waals surface area contributed by atoms with Crippen LogP contribution in [0.5, 0.6) is 5.75 Å². The Morgan fingerprint density at radius 3 is 2.74 bits per heavy atom. The number of aromatic carboxylic acids is 1. The van der Waals surface area contributed by atoms with Gasteiger partial charge in [-0.25, -0.2) is 0 Å². The molecule has 0 saturated heterocycles. The molecule has 0 atom stereocenters. The third-order valence-corrected chi connectivity index (χ3v) is 2.27. The highest BCUT2D eigenvalue weighted by Crippen LogP contribution is 2.20. The third-order valence-electron chi connectivity index (χ3n) is 2.27. The van der Waals surface area contributed by atoms with E-state index in [1.54, 1.807) is 6.07 Å². The molecule has 0 saturated carbocycles. The van der Waals surface area contributed by atoms with E-state index in [1.165, 1.54) is 30.3 Å². The van der Waals surface area contributed by atoms with Crippen molar-refractivity contribution in [2.24, 2.45) is 0 Å². The van der Waals surface area contributed by atoms with Gasteiger partial charge in [-0.05, 0) is 18.2 Å². The average Bonchev–Trinajstić information content (AvgIpc) is 2.85. The first-order valence-electron chi connectivity index (χ1n) is 5.23. The Labute approximate surface area is 107 Å². The van der Waals surface area contributed by atoms with Crippen LogP contribution in [-0.4, -0.2) is 10.9 Å². The molecule has 98 valence electrons. The number of furan rings is 1. The number of carbonyl (C=O) groups excluding carboxylic acids is 1. The second-order valence-corrected chi connectivity index (χ2v) is 3.60. The van der Waals surface area contributed by atoms with Gasteiger partial charge in [-0.1, -0.05) is 6.07 Å². The number of nitrogens with zero attached hydrogens (tertiary/aromatic N) is 1. The second kappa shape index (κ2) is 5.21. The van der Waals surface area contributed by atoms with E-state index < -0.39 is 10.9 Å². The molecule has 2 aromatic rings. The van der Waals surface area contributed by atoms with E-state index in [0.717, 1.165) is 0 Å². The van der Waals surface area contributed by atoms with Crippen molar-refractivity contribution in [1.29, 1.82) is 0 Å². The summed E-state index contributed by atoms with van der Waals surface area (Å²) >= 11 is 0. The molecule has 19 heavy (non-hydrogen) atoms. The minimum atomic E-state index is -1.42. The normalized spacial score (nSPS) is 10.1. The molecule has 1 heterocycles. The summed E-state index contributed by atoms with van der Waals surface area (Å²) in [6.45, 7) is -0.0333. The van der Waals surface area contributed by atoms with Crippen molar-refractivity contribution >= 4 is 11.7 Å². The standard InChI is InChI=1S/C12H9NO6/c14-12(15)11-5-4-10(19-11)7-18-9-3-1-2-8(6-9)13(16)17/h1-6H,7H2,(H,14,15)/p-1. The maximum atomic E-state index is 10.6. The zero-order valence-electron chi connectivity index (χ0n) is 9.57. The lowest BCUT2D eigenvalue weighted by atomic mass is 10.3. The fourth-order valence-electron chi connectivity index (χ4n) is 1.41. The number of non-ortho nitro benzene ring substituents is 1. The van der Waals surface area contributed by atoms with Gasteiger partial charge in [0.1, 0.15) is 29.8 Å². The van der Waals surface area contributed by atoms with Gasteiger partial charge in [0.05, 0.1) is 11.0 Å². The van der Waals surface area contributed by atoms with Crippen LogP contribution in [-0.2, 0) is 6.61 Å². The van der Waals surface area contributed by atoms with Crippen LogP contribution in [0, 0.1) is 10.1 Å². The molecular formula is C12H8NO6-. The molecule has 0 amide bonds. The molecule has 0 fully saturated rings. The summed E-state index contributed by atoms with van der Waals surface area (Å²) < 4.78 is 10.2. The van der Waals surface area contributed by atoms with Gasteiger partial charge in [0, 0.05) is 6.07 Å². The number of hydrogen-bond donors (Lipinski definition) is 0. The average molecular weight is 262 g/mol. The van der Waals surface area contributed by atoms with E-state index >= 15 is 0 Å². The lowest BCUT2D eigenvalue weighted by Crippen LogP contribution is -2.21. The second-order valence-electron chi connectivity index (χ2n) is 3.60. The first-order chi connectivity index (χ1) is 9.06. The highest BCUT2D eigenvalue weighted by molar-refractivity contribution is 5.82. The zero-order valence-corrected chi connectivity index (χ0v) is 9.57. The molecule has 7 heteroatoms. The van der Waals surface area contributed by atoms with Crippen molar-refractivity contribution in [2.45, 2.75) is 6.61 Å². The SMILES string of the molecule is O=C([O-])c1ccc(COc2cccc([N+](=O)[O-])c2)o1. The van der Waals surface area contributed by atoms with Crippen LogP contribution in [0.4, 0.5) is 5.69 Å². The maximum absolute atomic E-state index is 10.6. The Morgan fingerprint density at radius 1 is 1.32 bits per heavy atom. The van der Waals surface area contributed by atoms with Gasteiger partial charge in [0.25, 0.3) is 5.69 Å². The summed E-state index contributed by atoms with van der Waals surface area (Å²) in [7, 11) is 0. The van der Waals surface area contributed by atoms with Gasteiger partial charge in [-0.3, -0.25) is 10.1 Å². The largest absolute Gasteiger partial charge is 0.542 e. The number of nitro groups is 1. The summed E-state index contributed by atoms with van der Waals surface area (Å²) in [5.41, 5.74) is -0.0904. The molecule has 0 aliphatic heterocycles. The van der Waals surface area contributed by atoms with Crippen molar-refractivity contribution in [3.05, 3.63) is 58.0 Å². The highest BCUT2D eigenvalue weighted by atomic mass is 16.6. The molecule has 0 spiro atoms. The minimum absolute atomic E-state index is 0.0333. The summed E-state index contributed by atoms with van der Waals surface area (Å²) in [6.07, 6.45) is 0. The molecule has 0 radical (unpaired) electrons. The lowest BCUT2D eigenvalue weighted by Gasteiger charge is -2.03. The molecule has 7 nitrogen and oxygen atoms in total. The fourth-order valence-corrected chi connectivity index (χ4v) is 1.41. The Kier molecular flexibility index (Phi) is 3.46. The summed E-state index contributed by atoms with van der Waals surface area (Å²) in [4.78, 5) is 20.5. The fraction of sp³-hybridized carbons (Fsp3) is 0.0833. The van der Waals surface area contributed by atoms with Crippen LogP contribution >= 0.6 is 0 Å². The summed E-state index contributed by atoms with van der Waals surface area (Å²) in [6, 6.07) is 8.33. The van der Waals surface area contributed by atoms with Crippen molar-refractivity contribution in [1.82, 2.24) is 0 Å². The molecule has 0 aliphatic carbocycles. The molecule has 0 bridgehead atoms. The predicted molar refractivity (Wildman–Crippen MR) is 60.5 cm³/mol. The van der Waals surface area contributed by atoms with Gasteiger partial charge in [0.15, 0.2) is 0 Å². The Balaban J connectivity index is 2.03. The first-order valence-corrected chi connectivity index (χ1v) is 5.23. The quantitative estimate of drug-likeness (QED) is 0.590. The van der Waals surface area contributed by atoms with E-state index in [2.05, 4.69) is 0 Å². The number of carbonyl (C=O) groups is 1. The number of benzene rings is 1. The van der Waals surface area contributed by atoms with Crippen LogP contribution in [0.2, 0.25) is 0 Å². The zero-order chi connectivity index (χ0) is 13.8. The molecule has 1 aromatic carbocycles. The number of nitro benzene ring substituents is 1. The minimum Gasteiger partial charge on any atom is -0.542 e. The predicted octanol–water partition coefficient (Wildman–Crippen LogP) is 1.13. The number of ether oxygens (including phenoxy) is 1. The van der Waals surface area contributed by atoms with Crippen molar-refractivity contribution in [3.8, 4) is 5.75 Å². The monoisotopic (exact) mass is 262 g/mol. The van der Waals surface area contributed by atoms with E-state index in [9.17, 15) is 20.0 Å². The number of carboxylic acids is 1. The van der Waals surface area contributed by atoms with Gasteiger partial charge in [-0.2, -0.15) is 0 Å². The van der Waals surface area contributed by atoms with Crippen molar-refractivity contribution in [2.75, 3.05) is 0 Å². The Hall–Kier alpha value is -2.83. The summed E-state index contributed by atoms with van der Waals surface area (Å²) in [5.74, 6) is -1.13. The molecule has 1 aromatic heterocycles. The van der Waals surface area contributed by atoms with E-state index in [0.29, 0.717) is 5.75 Å². The summed E-state index contributed by atoms with van der Waals surface area (Å²) in [5, 5.41) is 21.1. The van der Waals surface area contributed by atoms with E-state index in [-0.39, 0.29) is 23.8 Å². The van der Waals surface area contributed by atoms with Gasteiger partial charge in [-0.15, -0.1) is 0 Å². The maximum Gasteiger partial charge on any atom is 0.273 e. The van der Waals surface area contributed by atoms with Crippen LogP contribution in [0.3, 0.4) is 0 Å². The Bertz CT molecular complexity index is 618. The van der Waals surface area contributed by atoms with E-state index in [1.807, 2.05) is 0 Å². The van der Waals surface area contributed by atoms with Crippen LogP contribution in [0.15, 0.2) is 40.8 Å². The molecule has 0 N–H and O–H groups in total. The molecular weight excluding hydrogens is 254 g/mol. The van der Waals surface area contributed by atoms with Crippen LogP contribution in [0.25, 0.3) is 0 Å². The first kappa shape index (κ1) is 12.6. The lowest BCUT2D eigenvalue weighted by molar-refractivity contribution is -0.384. The third kappa shape index (κ3) is 3.09. The van der Waals surface area contributed by atoms with Crippen LogP contribution < -0.4 is 9.84 Å². The van der Waals surface area contributed by atoms with Gasteiger partial charge >= 0.3 is 0 Å². The number of carboxylic acid groups (broad SMARTS) is 1. The topological polar surface area (TPSA) is 106 Å². The van der Waals surface area contributed by atoms with E-state index in [4.69, 9.17) is 9.15 Å². The number of rotatable bonds is 5. The van der Waals surface area contributed by atoms with Gasteiger partial charge in [0.2, 0.25) is 0 Å². The smallest absolute Gasteiger partial charge is 0.273 e. The highest BCUT2D eigenvalue weighted by Gasteiger charge is 2.08.